The number of anilines is 1. The molecule has 0 bridgehead atoms. The monoisotopic (exact) mass is 304 g/mol. The lowest BCUT2D eigenvalue weighted by Crippen LogP contribution is -1.94. The molecule has 0 radical (unpaired) electrons. The van der Waals surface area contributed by atoms with Crippen molar-refractivity contribution in [3.05, 3.63) is 47.0 Å². The van der Waals surface area contributed by atoms with Gasteiger partial charge >= 0.3 is 0 Å². The summed E-state index contributed by atoms with van der Waals surface area (Å²) in [6.07, 6.45) is 0. The van der Waals surface area contributed by atoms with Crippen LogP contribution in [0.15, 0.2) is 41.3 Å². The van der Waals surface area contributed by atoms with Crippen molar-refractivity contribution in [2.24, 2.45) is 0 Å². The second-order valence-electron chi connectivity index (χ2n) is 3.96. The van der Waals surface area contributed by atoms with Crippen molar-refractivity contribution < 1.29 is 4.74 Å². The van der Waals surface area contributed by atoms with Gasteiger partial charge in [-0.25, -0.2) is 0 Å². The number of hydrogen-bond acceptors (Lipinski definition) is 4. The fourth-order valence-corrected chi connectivity index (χ4v) is 2.67. The van der Waals surface area contributed by atoms with Gasteiger partial charge in [0.1, 0.15) is 23.1 Å². The molecule has 2 aromatic rings. The predicted octanol–water partition coefficient (Wildman–Crippen LogP) is 4.70. The molecule has 0 aromatic heterocycles. The number of rotatable bonds is 4. The molecule has 0 aliphatic rings. The zero-order chi connectivity index (χ0) is 14.5. The molecule has 3 nitrogen and oxygen atoms in total. The highest BCUT2D eigenvalue weighted by Crippen LogP contribution is 2.35. The molecule has 2 N–H and O–H groups in total. The molecule has 0 spiro atoms. The molecule has 0 saturated heterocycles. The molecule has 0 fully saturated rings. The van der Waals surface area contributed by atoms with Crippen molar-refractivity contribution in [1.82, 2.24) is 0 Å². The Morgan fingerprint density at radius 2 is 2.10 bits per heavy atom. The Kier molecular flexibility index (Phi) is 4.78. The van der Waals surface area contributed by atoms with Crippen LogP contribution in [0.1, 0.15) is 12.5 Å². The van der Waals surface area contributed by atoms with Crippen LogP contribution in [0.25, 0.3) is 0 Å². The summed E-state index contributed by atoms with van der Waals surface area (Å²) in [6.45, 7) is 2.04. The van der Waals surface area contributed by atoms with E-state index in [2.05, 4.69) is 6.07 Å². The number of nitrogens with zero attached hydrogens (tertiary/aromatic N) is 1. The van der Waals surface area contributed by atoms with Gasteiger partial charge in [-0.2, -0.15) is 5.26 Å². The summed E-state index contributed by atoms with van der Waals surface area (Å²) in [5, 5.41) is 9.87. The molecule has 20 heavy (non-hydrogen) atoms. The third-order valence-electron chi connectivity index (χ3n) is 2.59. The van der Waals surface area contributed by atoms with E-state index >= 15 is 0 Å². The lowest BCUT2D eigenvalue weighted by atomic mass is 10.2. The number of ether oxygens (including phenoxy) is 1. The van der Waals surface area contributed by atoms with Gasteiger partial charge < -0.3 is 10.5 Å². The van der Waals surface area contributed by atoms with E-state index in [1.807, 2.05) is 19.1 Å². The van der Waals surface area contributed by atoms with Crippen LogP contribution in [0, 0.1) is 11.3 Å². The highest BCUT2D eigenvalue weighted by Gasteiger charge is 2.11. The average molecular weight is 305 g/mol. The summed E-state index contributed by atoms with van der Waals surface area (Å²) in [4.78, 5) is 0.903. The van der Waals surface area contributed by atoms with Crippen LogP contribution < -0.4 is 10.5 Å². The van der Waals surface area contributed by atoms with Gasteiger partial charge in [0, 0.05) is 9.92 Å². The van der Waals surface area contributed by atoms with Gasteiger partial charge in [0.25, 0.3) is 0 Å². The first-order chi connectivity index (χ1) is 9.65. The molecule has 0 heterocycles. The number of nitrogen functional groups attached to an aromatic ring is 1. The quantitative estimate of drug-likeness (QED) is 0.657. The van der Waals surface area contributed by atoms with Gasteiger partial charge in [-0.1, -0.05) is 24.6 Å². The number of nitrogens with two attached hydrogens (primary N) is 1. The van der Waals surface area contributed by atoms with Crippen molar-refractivity contribution >= 4 is 29.1 Å². The zero-order valence-electron chi connectivity index (χ0n) is 10.9. The predicted molar refractivity (Wildman–Crippen MR) is 83.5 cm³/mol. The smallest absolute Gasteiger partial charge is 0.150 e. The van der Waals surface area contributed by atoms with Crippen molar-refractivity contribution in [2.75, 3.05) is 11.5 Å². The Morgan fingerprint density at radius 1 is 1.30 bits per heavy atom. The van der Waals surface area contributed by atoms with Gasteiger partial charge in [-0.15, -0.1) is 11.8 Å². The molecule has 5 heteroatoms. The fourth-order valence-electron chi connectivity index (χ4n) is 1.71. The number of hydrogen-bond donors (Lipinski definition) is 1. The van der Waals surface area contributed by atoms with Gasteiger partial charge in [0.05, 0.1) is 5.69 Å². The lowest BCUT2D eigenvalue weighted by Gasteiger charge is -2.12. The topological polar surface area (TPSA) is 59.0 Å². The maximum absolute atomic E-state index is 9.32. The summed E-state index contributed by atoms with van der Waals surface area (Å²) in [6, 6.07) is 12.7. The zero-order valence-corrected chi connectivity index (χ0v) is 12.5. The van der Waals surface area contributed by atoms with E-state index in [0.717, 1.165) is 10.6 Å². The molecule has 102 valence electrons. The second-order valence-corrected chi connectivity index (χ2v) is 5.70. The largest absolute Gasteiger partial charge is 0.454 e. The number of nitriles is 1. The van der Waals surface area contributed by atoms with Crippen LogP contribution in [-0.4, -0.2) is 5.75 Å². The third kappa shape index (κ3) is 3.19. The van der Waals surface area contributed by atoms with Crippen molar-refractivity contribution in [1.29, 1.82) is 5.26 Å². The normalized spacial score (nSPS) is 10.1. The Hall–Kier alpha value is -1.83. The molecule has 0 saturated carbocycles. The second kappa shape index (κ2) is 6.56. The first-order valence-corrected chi connectivity index (χ1v) is 7.41. The summed E-state index contributed by atoms with van der Waals surface area (Å²) < 4.78 is 5.75. The van der Waals surface area contributed by atoms with E-state index in [0.29, 0.717) is 27.8 Å². The molecular weight excluding hydrogens is 292 g/mol. The van der Waals surface area contributed by atoms with E-state index in [-0.39, 0.29) is 0 Å². The maximum atomic E-state index is 9.32. The van der Waals surface area contributed by atoms with Crippen LogP contribution in [0.2, 0.25) is 5.02 Å². The Morgan fingerprint density at radius 3 is 2.75 bits per heavy atom. The summed E-state index contributed by atoms with van der Waals surface area (Å²) in [5.74, 6) is 1.88. The summed E-state index contributed by atoms with van der Waals surface area (Å²) >= 11 is 7.46. The molecule has 0 amide bonds. The summed E-state index contributed by atoms with van der Waals surface area (Å²) in [5.41, 5.74) is 6.82. The van der Waals surface area contributed by atoms with E-state index in [4.69, 9.17) is 22.1 Å². The number of halogens is 1. The SMILES string of the molecule is CCSc1cccc(Oc2ccc(Cl)cc2N)c1C#N. The summed E-state index contributed by atoms with van der Waals surface area (Å²) in [7, 11) is 0. The van der Waals surface area contributed by atoms with Gasteiger partial charge in [0.2, 0.25) is 0 Å². The first kappa shape index (κ1) is 14.6. The van der Waals surface area contributed by atoms with Crippen LogP contribution in [0.5, 0.6) is 11.5 Å². The maximum Gasteiger partial charge on any atom is 0.150 e. The lowest BCUT2D eigenvalue weighted by molar-refractivity contribution is 0.482. The molecule has 0 aliphatic heterocycles. The standard InChI is InChI=1S/C15H13ClN2OS/c1-2-20-15-5-3-4-13(11(15)9-17)19-14-7-6-10(16)8-12(14)18/h3-8H,2,18H2,1H3. The third-order valence-corrected chi connectivity index (χ3v) is 3.77. The number of benzene rings is 2. The van der Waals surface area contributed by atoms with Crippen molar-refractivity contribution in [2.45, 2.75) is 11.8 Å². The minimum absolute atomic E-state index is 0.440. The van der Waals surface area contributed by atoms with Crippen LogP contribution in [-0.2, 0) is 0 Å². The molecule has 0 unspecified atom stereocenters. The van der Waals surface area contributed by atoms with Gasteiger partial charge in [-0.3, -0.25) is 0 Å². The van der Waals surface area contributed by atoms with Gasteiger partial charge in [0.15, 0.2) is 0 Å². The van der Waals surface area contributed by atoms with Crippen LogP contribution in [0.4, 0.5) is 5.69 Å². The van der Waals surface area contributed by atoms with Crippen molar-refractivity contribution in [3.63, 3.8) is 0 Å². The van der Waals surface area contributed by atoms with E-state index < -0.39 is 0 Å². The molecule has 2 rings (SSSR count). The molecule has 0 atom stereocenters. The minimum Gasteiger partial charge on any atom is -0.454 e. The number of thioether (sulfide) groups is 1. The average Bonchev–Trinajstić information content (AvgIpc) is 2.42. The van der Waals surface area contributed by atoms with Crippen LogP contribution in [0.3, 0.4) is 0 Å². The highest BCUT2D eigenvalue weighted by atomic mass is 35.5. The van der Waals surface area contributed by atoms with Gasteiger partial charge in [-0.05, 0) is 36.1 Å². The van der Waals surface area contributed by atoms with E-state index in [1.165, 1.54) is 0 Å². The van der Waals surface area contributed by atoms with E-state index in [1.54, 1.807) is 36.0 Å². The highest BCUT2D eigenvalue weighted by molar-refractivity contribution is 7.99. The Balaban J connectivity index is 2.38. The van der Waals surface area contributed by atoms with Crippen molar-refractivity contribution in [3.8, 4) is 17.6 Å². The molecule has 2 aromatic carbocycles. The Bertz CT molecular complexity index is 667. The minimum atomic E-state index is 0.440. The molecule has 0 aliphatic carbocycles. The van der Waals surface area contributed by atoms with Crippen LogP contribution >= 0.6 is 23.4 Å². The van der Waals surface area contributed by atoms with E-state index in [9.17, 15) is 5.26 Å². The fraction of sp³-hybridized carbons (Fsp3) is 0.133. The molecular formula is C15H13ClN2OS. The first-order valence-electron chi connectivity index (χ1n) is 6.04. The Labute approximate surface area is 127 Å².